The van der Waals surface area contributed by atoms with Crippen LogP contribution in [0.2, 0.25) is 0 Å². The normalized spacial score (nSPS) is 10.7. The number of rotatable bonds is 14. The summed E-state index contributed by atoms with van der Waals surface area (Å²) in [5.74, 6) is -0.753. The Labute approximate surface area is 180 Å². The van der Waals surface area contributed by atoms with Crippen molar-refractivity contribution in [2.45, 2.75) is 71.1 Å². The smallest absolute Gasteiger partial charge is 0.338 e. The lowest BCUT2D eigenvalue weighted by atomic mass is 9.96. The zero-order chi connectivity index (χ0) is 21.6. The van der Waals surface area contributed by atoms with Crippen molar-refractivity contribution in [2.24, 2.45) is 0 Å². The van der Waals surface area contributed by atoms with Gasteiger partial charge in [0, 0.05) is 11.3 Å². The molecule has 0 radical (unpaired) electrons. The van der Waals surface area contributed by atoms with Crippen LogP contribution in [0.25, 0.3) is 0 Å². The van der Waals surface area contributed by atoms with Crippen molar-refractivity contribution in [1.29, 1.82) is 0 Å². The van der Waals surface area contributed by atoms with Gasteiger partial charge in [-0.05, 0) is 18.6 Å². The van der Waals surface area contributed by atoms with Crippen LogP contribution in [-0.4, -0.2) is 18.4 Å². The number of hydrogen-bond acceptors (Lipinski definition) is 4. The van der Waals surface area contributed by atoms with E-state index < -0.39 is 5.97 Å². The molecule has 4 heteroatoms. The predicted molar refractivity (Wildman–Crippen MR) is 123 cm³/mol. The Kier molecular flexibility index (Phi) is 10.7. The molecule has 30 heavy (non-hydrogen) atoms. The molecule has 0 aliphatic carbocycles. The minimum atomic E-state index is -0.488. The van der Waals surface area contributed by atoms with Crippen molar-refractivity contribution >= 4 is 17.4 Å². The molecule has 0 saturated carbocycles. The van der Waals surface area contributed by atoms with Gasteiger partial charge in [0.15, 0.2) is 5.78 Å². The third-order valence-corrected chi connectivity index (χ3v) is 5.31. The highest BCUT2D eigenvalue weighted by molar-refractivity contribution is 6.17. The second kappa shape index (κ2) is 13.6. The van der Waals surface area contributed by atoms with Gasteiger partial charge < -0.3 is 10.5 Å². The van der Waals surface area contributed by atoms with Crippen LogP contribution in [0.15, 0.2) is 48.5 Å². The molecule has 0 unspecified atom stereocenters. The van der Waals surface area contributed by atoms with Gasteiger partial charge in [-0.1, -0.05) is 101 Å². The van der Waals surface area contributed by atoms with Gasteiger partial charge in [-0.3, -0.25) is 4.79 Å². The Morgan fingerprint density at radius 1 is 0.767 bits per heavy atom. The third kappa shape index (κ3) is 7.66. The molecular weight excluding hydrogens is 374 g/mol. The summed E-state index contributed by atoms with van der Waals surface area (Å²) in [4.78, 5) is 25.4. The van der Waals surface area contributed by atoms with Crippen LogP contribution in [-0.2, 0) is 4.74 Å². The van der Waals surface area contributed by atoms with E-state index in [2.05, 4.69) is 6.92 Å². The Bertz CT molecular complexity index is 786. The second-order valence-corrected chi connectivity index (χ2v) is 7.78. The van der Waals surface area contributed by atoms with Gasteiger partial charge in [-0.15, -0.1) is 0 Å². The lowest BCUT2D eigenvalue weighted by Crippen LogP contribution is -2.15. The summed E-state index contributed by atoms with van der Waals surface area (Å²) in [6, 6.07) is 13.8. The quantitative estimate of drug-likeness (QED) is 0.166. The molecule has 4 nitrogen and oxygen atoms in total. The maximum atomic E-state index is 12.9. The van der Waals surface area contributed by atoms with Crippen molar-refractivity contribution in [2.75, 3.05) is 12.3 Å². The van der Waals surface area contributed by atoms with E-state index in [1.54, 1.807) is 42.5 Å². The van der Waals surface area contributed by atoms with Crippen LogP contribution in [0.3, 0.4) is 0 Å². The van der Waals surface area contributed by atoms with E-state index in [1.807, 2.05) is 6.07 Å². The number of esters is 1. The largest absolute Gasteiger partial charge is 0.462 e. The first kappa shape index (κ1) is 23.7. The van der Waals surface area contributed by atoms with Crippen molar-refractivity contribution in [1.82, 2.24) is 0 Å². The summed E-state index contributed by atoms with van der Waals surface area (Å²) in [5.41, 5.74) is 7.27. The van der Waals surface area contributed by atoms with Crippen LogP contribution in [0, 0.1) is 0 Å². The fraction of sp³-hybridized carbons (Fsp3) is 0.462. The first-order valence-electron chi connectivity index (χ1n) is 11.3. The fourth-order valence-electron chi connectivity index (χ4n) is 3.56. The topological polar surface area (TPSA) is 69.4 Å². The molecule has 0 spiro atoms. The monoisotopic (exact) mass is 409 g/mol. The van der Waals surface area contributed by atoms with Crippen LogP contribution < -0.4 is 5.73 Å². The molecule has 2 aromatic rings. The zero-order valence-corrected chi connectivity index (χ0v) is 18.2. The van der Waals surface area contributed by atoms with E-state index >= 15 is 0 Å². The van der Waals surface area contributed by atoms with Gasteiger partial charge in [-0.25, -0.2) is 4.79 Å². The summed E-state index contributed by atoms with van der Waals surface area (Å²) < 4.78 is 5.44. The fourth-order valence-corrected chi connectivity index (χ4v) is 3.56. The summed E-state index contributed by atoms with van der Waals surface area (Å²) in [7, 11) is 0. The molecule has 0 aliphatic heterocycles. The molecule has 0 fully saturated rings. The first-order valence-corrected chi connectivity index (χ1v) is 11.3. The Morgan fingerprint density at radius 3 is 2.00 bits per heavy atom. The highest BCUT2D eigenvalue weighted by Gasteiger charge is 2.21. The Morgan fingerprint density at radius 2 is 1.37 bits per heavy atom. The van der Waals surface area contributed by atoms with Crippen LogP contribution in [0.5, 0.6) is 0 Å². The van der Waals surface area contributed by atoms with Gasteiger partial charge in [0.1, 0.15) is 0 Å². The van der Waals surface area contributed by atoms with Crippen molar-refractivity contribution < 1.29 is 14.3 Å². The molecule has 0 bridgehead atoms. The number of ketones is 1. The molecular formula is C26H35NO3. The maximum absolute atomic E-state index is 12.9. The van der Waals surface area contributed by atoms with Gasteiger partial charge in [0.05, 0.1) is 17.7 Å². The number of nitrogen functional groups attached to an aromatic ring is 1. The zero-order valence-electron chi connectivity index (χ0n) is 18.2. The van der Waals surface area contributed by atoms with E-state index in [9.17, 15) is 9.59 Å². The molecule has 2 rings (SSSR count). The molecule has 0 atom stereocenters. The van der Waals surface area contributed by atoms with Crippen molar-refractivity contribution in [3.8, 4) is 0 Å². The number of ether oxygens (including phenoxy) is 1. The number of nitrogens with two attached hydrogens (primary N) is 1. The maximum Gasteiger partial charge on any atom is 0.338 e. The van der Waals surface area contributed by atoms with Gasteiger partial charge in [-0.2, -0.15) is 0 Å². The van der Waals surface area contributed by atoms with E-state index in [4.69, 9.17) is 10.5 Å². The molecule has 0 amide bonds. The molecule has 0 saturated heterocycles. The van der Waals surface area contributed by atoms with Crippen molar-refractivity contribution in [3.63, 3.8) is 0 Å². The summed E-state index contributed by atoms with van der Waals surface area (Å²) in [6.07, 6.45) is 12.2. The third-order valence-electron chi connectivity index (χ3n) is 5.31. The predicted octanol–water partition coefficient (Wildman–Crippen LogP) is 6.58. The minimum Gasteiger partial charge on any atom is -0.462 e. The molecule has 0 aromatic heterocycles. The van der Waals surface area contributed by atoms with E-state index in [-0.39, 0.29) is 22.6 Å². The van der Waals surface area contributed by atoms with Crippen LogP contribution in [0.4, 0.5) is 5.69 Å². The number of benzene rings is 2. The van der Waals surface area contributed by atoms with Gasteiger partial charge in [0.2, 0.25) is 0 Å². The van der Waals surface area contributed by atoms with E-state index in [0.717, 1.165) is 12.8 Å². The van der Waals surface area contributed by atoms with E-state index in [0.29, 0.717) is 12.2 Å². The first-order chi connectivity index (χ1) is 14.6. The van der Waals surface area contributed by atoms with E-state index in [1.165, 1.54) is 51.4 Å². The second-order valence-electron chi connectivity index (χ2n) is 7.78. The number of hydrogen-bond donors (Lipinski definition) is 1. The average molecular weight is 410 g/mol. The van der Waals surface area contributed by atoms with Crippen LogP contribution in [0.1, 0.15) is 97.4 Å². The number of carbonyl (C=O) groups is 2. The lowest BCUT2D eigenvalue weighted by molar-refractivity contribution is 0.0495. The average Bonchev–Trinajstić information content (AvgIpc) is 2.77. The Hall–Kier alpha value is -2.62. The Balaban J connectivity index is 1.77. The molecule has 2 aromatic carbocycles. The molecule has 2 N–H and O–H groups in total. The van der Waals surface area contributed by atoms with Crippen molar-refractivity contribution in [3.05, 3.63) is 65.2 Å². The highest BCUT2D eigenvalue weighted by atomic mass is 16.5. The summed E-state index contributed by atoms with van der Waals surface area (Å²) in [5, 5.41) is 0. The standard InChI is InChI=1S/C26H35NO3/c1-2-3-4-5-6-7-8-9-10-14-20-30-26(29)22-18-15-19-23(27)24(22)25(28)21-16-12-11-13-17-21/h11-13,15-19H,2-10,14,20,27H2,1H3. The molecule has 0 aliphatic rings. The van der Waals surface area contributed by atoms with Crippen LogP contribution >= 0.6 is 0 Å². The lowest BCUT2D eigenvalue weighted by Gasteiger charge is -2.11. The van der Waals surface area contributed by atoms with Gasteiger partial charge in [0.25, 0.3) is 0 Å². The summed E-state index contributed by atoms with van der Waals surface area (Å²) >= 11 is 0. The summed E-state index contributed by atoms with van der Waals surface area (Å²) in [6.45, 7) is 2.60. The molecule has 162 valence electrons. The van der Waals surface area contributed by atoms with Gasteiger partial charge >= 0.3 is 5.97 Å². The number of anilines is 1. The number of carbonyl (C=O) groups excluding carboxylic acids is 2. The highest BCUT2D eigenvalue weighted by Crippen LogP contribution is 2.22. The number of unbranched alkanes of at least 4 members (excludes halogenated alkanes) is 9. The molecule has 0 heterocycles. The SMILES string of the molecule is CCCCCCCCCCCCOC(=O)c1cccc(N)c1C(=O)c1ccccc1. The minimum absolute atomic E-state index is 0.219.